The summed E-state index contributed by atoms with van der Waals surface area (Å²) < 4.78 is 18.5. The number of amides is 1. The molecule has 1 aliphatic rings. The summed E-state index contributed by atoms with van der Waals surface area (Å²) in [5.41, 5.74) is 0.489. The summed E-state index contributed by atoms with van der Waals surface area (Å²) in [6.45, 7) is 1.00. The monoisotopic (exact) mass is 343 g/mol. The lowest BCUT2D eigenvalue weighted by Gasteiger charge is -2.38. The van der Waals surface area contributed by atoms with Crippen molar-refractivity contribution in [3.63, 3.8) is 0 Å². The van der Waals surface area contributed by atoms with Crippen LogP contribution in [0.4, 0.5) is 4.39 Å². The van der Waals surface area contributed by atoms with Crippen molar-refractivity contribution < 1.29 is 13.9 Å². The van der Waals surface area contributed by atoms with Gasteiger partial charge < -0.3 is 9.64 Å². The molecular weight excluding hydrogens is 329 g/mol. The lowest BCUT2D eigenvalue weighted by Crippen LogP contribution is -2.56. The molecule has 0 saturated carbocycles. The van der Waals surface area contributed by atoms with E-state index in [-0.39, 0.29) is 17.8 Å². The van der Waals surface area contributed by atoms with Gasteiger partial charge in [-0.05, 0) is 30.3 Å². The molecule has 0 aliphatic carbocycles. The van der Waals surface area contributed by atoms with Gasteiger partial charge in [0.05, 0.1) is 30.5 Å². The topological polar surface area (TPSA) is 66.2 Å². The fraction of sp³-hybridized carbons (Fsp3) is 0.235. The number of nitrogens with zero attached hydrogens (tertiary/aromatic N) is 3. The second-order valence-electron chi connectivity index (χ2n) is 5.28. The molecule has 1 saturated heterocycles. The smallest absolute Gasteiger partial charge is 0.233 e. The van der Waals surface area contributed by atoms with E-state index in [2.05, 4.69) is 4.98 Å². The van der Waals surface area contributed by atoms with E-state index in [4.69, 9.17) is 10.00 Å². The van der Waals surface area contributed by atoms with Crippen LogP contribution in [0.25, 0.3) is 0 Å². The number of carbonyl (C=O) groups excluding carboxylic acids is 1. The molecule has 7 heteroatoms. The predicted octanol–water partition coefficient (Wildman–Crippen LogP) is 2.47. The number of pyridine rings is 1. The minimum atomic E-state index is -0.289. The van der Waals surface area contributed by atoms with E-state index in [0.29, 0.717) is 30.3 Å². The number of likely N-dealkylation sites (tertiary alicyclic amines) is 1. The van der Waals surface area contributed by atoms with Gasteiger partial charge in [0.15, 0.2) is 0 Å². The average molecular weight is 343 g/mol. The van der Waals surface area contributed by atoms with Gasteiger partial charge in [-0.2, -0.15) is 5.26 Å². The van der Waals surface area contributed by atoms with Crippen LogP contribution in [0.15, 0.2) is 47.5 Å². The Kier molecular flexibility index (Phi) is 4.96. The molecule has 1 amide bonds. The van der Waals surface area contributed by atoms with E-state index in [1.165, 1.54) is 30.1 Å². The Hall–Kier alpha value is -2.59. The Labute approximate surface area is 143 Å². The summed E-state index contributed by atoms with van der Waals surface area (Å²) in [6, 6.07) is 11.3. The number of ether oxygens (including phenoxy) is 1. The molecule has 2 heterocycles. The number of hydrogen-bond donors (Lipinski definition) is 0. The number of benzene rings is 1. The quantitative estimate of drug-likeness (QED) is 0.780. The Morgan fingerprint density at radius 1 is 1.38 bits per heavy atom. The second kappa shape index (κ2) is 7.32. The number of rotatable bonds is 5. The van der Waals surface area contributed by atoms with E-state index < -0.39 is 0 Å². The number of halogens is 1. The first kappa shape index (κ1) is 16.3. The molecule has 0 bridgehead atoms. The van der Waals surface area contributed by atoms with Gasteiger partial charge in [0.25, 0.3) is 0 Å². The van der Waals surface area contributed by atoms with Gasteiger partial charge in [-0.25, -0.2) is 9.37 Å². The van der Waals surface area contributed by atoms with Crippen LogP contribution in [0.1, 0.15) is 5.56 Å². The summed E-state index contributed by atoms with van der Waals surface area (Å²) in [4.78, 5) is 18.7. The van der Waals surface area contributed by atoms with E-state index in [1.54, 1.807) is 29.2 Å². The van der Waals surface area contributed by atoms with Crippen LogP contribution in [0.3, 0.4) is 0 Å². The summed E-state index contributed by atoms with van der Waals surface area (Å²) >= 11 is 1.38. The van der Waals surface area contributed by atoms with Gasteiger partial charge in [0, 0.05) is 17.2 Å². The summed E-state index contributed by atoms with van der Waals surface area (Å²) in [6.07, 6.45) is 1.42. The number of hydrogen-bond acceptors (Lipinski definition) is 5. The van der Waals surface area contributed by atoms with E-state index >= 15 is 0 Å². The molecule has 3 rings (SSSR count). The summed E-state index contributed by atoms with van der Waals surface area (Å²) in [7, 11) is 0. The lowest BCUT2D eigenvalue weighted by atomic mass is 10.1. The molecule has 1 aromatic carbocycles. The highest BCUT2D eigenvalue weighted by molar-refractivity contribution is 8.00. The first-order valence-electron chi connectivity index (χ1n) is 7.33. The molecule has 1 fully saturated rings. The lowest BCUT2D eigenvalue weighted by molar-refractivity contribution is -0.137. The van der Waals surface area contributed by atoms with Crippen molar-refractivity contribution in [2.75, 3.05) is 18.8 Å². The maximum atomic E-state index is 12.8. The second-order valence-corrected chi connectivity index (χ2v) is 6.32. The zero-order chi connectivity index (χ0) is 16.9. The van der Waals surface area contributed by atoms with Gasteiger partial charge in [-0.15, -0.1) is 11.8 Å². The van der Waals surface area contributed by atoms with Crippen molar-refractivity contribution in [2.45, 2.75) is 11.0 Å². The maximum absolute atomic E-state index is 12.8. The van der Waals surface area contributed by atoms with Crippen molar-refractivity contribution in [2.24, 2.45) is 0 Å². The van der Waals surface area contributed by atoms with Crippen LogP contribution in [0.2, 0.25) is 0 Å². The molecule has 2 aromatic rings. The minimum absolute atomic E-state index is 0.0166. The van der Waals surface area contributed by atoms with Crippen LogP contribution in [0.5, 0.6) is 5.88 Å². The zero-order valence-corrected chi connectivity index (χ0v) is 13.5. The first-order chi connectivity index (χ1) is 11.6. The van der Waals surface area contributed by atoms with Crippen LogP contribution in [0, 0.1) is 17.1 Å². The molecule has 0 spiro atoms. The van der Waals surface area contributed by atoms with Crippen molar-refractivity contribution in [3.8, 4) is 11.9 Å². The van der Waals surface area contributed by atoms with Gasteiger partial charge in [0.2, 0.25) is 11.8 Å². The molecular formula is C17H14FN3O2S. The Morgan fingerprint density at radius 3 is 2.83 bits per heavy atom. The Balaban J connectivity index is 1.43. The molecule has 24 heavy (non-hydrogen) atoms. The first-order valence-corrected chi connectivity index (χ1v) is 8.31. The van der Waals surface area contributed by atoms with E-state index in [1.807, 2.05) is 6.07 Å². The van der Waals surface area contributed by atoms with Gasteiger partial charge in [-0.3, -0.25) is 4.79 Å². The summed E-state index contributed by atoms with van der Waals surface area (Å²) in [5.74, 6) is 0.429. The maximum Gasteiger partial charge on any atom is 0.233 e. The van der Waals surface area contributed by atoms with Crippen molar-refractivity contribution >= 4 is 17.7 Å². The van der Waals surface area contributed by atoms with Crippen molar-refractivity contribution in [1.29, 1.82) is 5.26 Å². The molecule has 0 N–H and O–H groups in total. The van der Waals surface area contributed by atoms with Gasteiger partial charge >= 0.3 is 0 Å². The van der Waals surface area contributed by atoms with E-state index in [9.17, 15) is 9.18 Å². The number of nitriles is 1. The molecule has 5 nitrogen and oxygen atoms in total. The highest BCUT2D eigenvalue weighted by Crippen LogP contribution is 2.21. The largest absolute Gasteiger partial charge is 0.471 e. The van der Waals surface area contributed by atoms with Crippen LogP contribution in [-0.4, -0.2) is 40.7 Å². The average Bonchev–Trinajstić information content (AvgIpc) is 2.57. The number of aromatic nitrogens is 1. The van der Waals surface area contributed by atoms with Gasteiger partial charge in [-0.1, -0.05) is 0 Å². The number of carbonyl (C=O) groups is 1. The van der Waals surface area contributed by atoms with Crippen LogP contribution < -0.4 is 4.74 Å². The van der Waals surface area contributed by atoms with Crippen molar-refractivity contribution in [1.82, 2.24) is 9.88 Å². The van der Waals surface area contributed by atoms with Crippen LogP contribution >= 0.6 is 11.8 Å². The standard InChI is InChI=1S/C17H14FN3O2S/c18-13-1-3-15(4-2-13)24-11-17(22)21-9-14(10-21)23-16-7-12(8-19)5-6-20-16/h1-7,14H,9-11H2. The third kappa shape index (κ3) is 4.03. The van der Waals surface area contributed by atoms with E-state index in [0.717, 1.165) is 4.90 Å². The van der Waals surface area contributed by atoms with Gasteiger partial charge in [0.1, 0.15) is 11.9 Å². The molecule has 0 unspecified atom stereocenters. The third-order valence-electron chi connectivity index (χ3n) is 3.53. The molecule has 0 radical (unpaired) electrons. The fourth-order valence-electron chi connectivity index (χ4n) is 2.20. The highest BCUT2D eigenvalue weighted by Gasteiger charge is 2.32. The zero-order valence-electron chi connectivity index (χ0n) is 12.7. The molecule has 122 valence electrons. The molecule has 1 aliphatic heterocycles. The minimum Gasteiger partial charge on any atom is -0.471 e. The van der Waals surface area contributed by atoms with Crippen LogP contribution in [-0.2, 0) is 4.79 Å². The van der Waals surface area contributed by atoms with Crippen molar-refractivity contribution in [3.05, 3.63) is 54.0 Å². The normalized spacial score (nSPS) is 13.9. The predicted molar refractivity (Wildman–Crippen MR) is 87.1 cm³/mol. The summed E-state index contributed by atoms with van der Waals surface area (Å²) in [5, 5.41) is 8.84. The number of thioether (sulfide) groups is 1. The SMILES string of the molecule is N#Cc1ccnc(OC2CN(C(=O)CSc3ccc(F)cc3)C2)c1. The molecule has 0 atom stereocenters. The Morgan fingerprint density at radius 2 is 2.12 bits per heavy atom. The highest BCUT2D eigenvalue weighted by atomic mass is 32.2. The molecule has 1 aromatic heterocycles. The fourth-order valence-corrected chi connectivity index (χ4v) is 3.00. The third-order valence-corrected chi connectivity index (χ3v) is 4.52. The Bertz CT molecular complexity index is 770.